The standard InChI is InChI=1S/C13H18ClN3O/c1-16(8-9-17-6-2-3-7-17)13(18)11-4-5-15-12(14)10-11/h4-5,10H,2-3,6-9H2,1H3. The molecule has 1 aromatic rings. The Bertz CT molecular complexity index is 418. The fourth-order valence-electron chi connectivity index (χ4n) is 2.16. The van der Waals surface area contributed by atoms with Gasteiger partial charge in [0.15, 0.2) is 0 Å². The minimum Gasteiger partial charge on any atom is -0.340 e. The van der Waals surface area contributed by atoms with Gasteiger partial charge in [0.05, 0.1) is 0 Å². The molecular formula is C13H18ClN3O. The number of carbonyl (C=O) groups is 1. The Balaban J connectivity index is 1.87. The third kappa shape index (κ3) is 3.43. The molecule has 1 aromatic heterocycles. The zero-order valence-electron chi connectivity index (χ0n) is 10.6. The number of pyridine rings is 1. The summed E-state index contributed by atoms with van der Waals surface area (Å²) >= 11 is 5.78. The summed E-state index contributed by atoms with van der Waals surface area (Å²) < 4.78 is 0. The summed E-state index contributed by atoms with van der Waals surface area (Å²) in [5.74, 6) is -0.00139. The molecule has 5 heteroatoms. The second kappa shape index (κ2) is 6.16. The van der Waals surface area contributed by atoms with E-state index in [9.17, 15) is 4.79 Å². The van der Waals surface area contributed by atoms with Crippen molar-refractivity contribution in [2.24, 2.45) is 0 Å². The Labute approximate surface area is 113 Å². The monoisotopic (exact) mass is 267 g/mol. The quantitative estimate of drug-likeness (QED) is 0.782. The molecular weight excluding hydrogens is 250 g/mol. The third-order valence-electron chi connectivity index (χ3n) is 3.27. The van der Waals surface area contributed by atoms with Gasteiger partial charge in [-0.15, -0.1) is 0 Å². The lowest BCUT2D eigenvalue weighted by atomic mass is 10.2. The molecule has 1 aliphatic heterocycles. The van der Waals surface area contributed by atoms with Crippen LogP contribution in [0.4, 0.5) is 0 Å². The topological polar surface area (TPSA) is 36.4 Å². The second-order valence-corrected chi connectivity index (χ2v) is 5.03. The van der Waals surface area contributed by atoms with E-state index >= 15 is 0 Å². The SMILES string of the molecule is CN(CCN1CCCC1)C(=O)c1ccnc(Cl)c1. The van der Waals surface area contributed by atoms with Crippen LogP contribution >= 0.6 is 11.6 Å². The van der Waals surface area contributed by atoms with Crippen LogP contribution < -0.4 is 0 Å². The molecule has 98 valence electrons. The summed E-state index contributed by atoms with van der Waals surface area (Å²) in [6.07, 6.45) is 4.11. The van der Waals surface area contributed by atoms with E-state index in [0.717, 1.165) is 26.2 Å². The average Bonchev–Trinajstić information content (AvgIpc) is 2.88. The van der Waals surface area contributed by atoms with Gasteiger partial charge in [-0.1, -0.05) is 11.6 Å². The van der Waals surface area contributed by atoms with Crippen LogP contribution in [0.2, 0.25) is 5.15 Å². The third-order valence-corrected chi connectivity index (χ3v) is 3.48. The second-order valence-electron chi connectivity index (χ2n) is 4.64. The first-order valence-electron chi connectivity index (χ1n) is 6.26. The first kappa shape index (κ1) is 13.3. The van der Waals surface area contributed by atoms with Gasteiger partial charge in [0.1, 0.15) is 5.15 Å². The molecule has 0 atom stereocenters. The molecule has 0 unspecified atom stereocenters. The van der Waals surface area contributed by atoms with Crippen molar-refractivity contribution in [3.63, 3.8) is 0 Å². The van der Waals surface area contributed by atoms with Gasteiger partial charge in [-0.2, -0.15) is 0 Å². The molecule has 0 N–H and O–H groups in total. The van der Waals surface area contributed by atoms with Crippen LogP contribution in [0.1, 0.15) is 23.2 Å². The minimum absolute atomic E-state index is 0.00139. The highest BCUT2D eigenvalue weighted by Gasteiger charge is 2.15. The van der Waals surface area contributed by atoms with E-state index in [0.29, 0.717) is 10.7 Å². The number of amides is 1. The summed E-state index contributed by atoms with van der Waals surface area (Å²) in [4.78, 5) is 20.1. The molecule has 0 aliphatic carbocycles. The number of hydrogen-bond acceptors (Lipinski definition) is 3. The molecule has 1 fully saturated rings. The molecule has 1 aliphatic rings. The summed E-state index contributed by atoms with van der Waals surface area (Å²) in [6, 6.07) is 3.30. The predicted molar refractivity (Wildman–Crippen MR) is 71.9 cm³/mol. The van der Waals surface area contributed by atoms with Crippen molar-refractivity contribution in [2.75, 3.05) is 33.2 Å². The first-order valence-corrected chi connectivity index (χ1v) is 6.64. The molecule has 4 nitrogen and oxygen atoms in total. The largest absolute Gasteiger partial charge is 0.340 e. The first-order chi connectivity index (χ1) is 8.66. The Hall–Kier alpha value is -1.13. The van der Waals surface area contributed by atoms with Gasteiger partial charge < -0.3 is 9.80 Å². The van der Waals surface area contributed by atoms with E-state index in [1.54, 1.807) is 23.2 Å². The predicted octanol–water partition coefficient (Wildman–Crippen LogP) is 1.90. The molecule has 0 radical (unpaired) electrons. The van der Waals surface area contributed by atoms with Crippen LogP contribution in [-0.2, 0) is 0 Å². The number of likely N-dealkylation sites (tertiary alicyclic amines) is 1. The van der Waals surface area contributed by atoms with Crippen molar-refractivity contribution < 1.29 is 4.79 Å². The Morgan fingerprint density at radius 2 is 2.22 bits per heavy atom. The van der Waals surface area contributed by atoms with Gasteiger partial charge in [-0.05, 0) is 38.1 Å². The molecule has 0 aromatic carbocycles. The fourth-order valence-corrected chi connectivity index (χ4v) is 2.33. The minimum atomic E-state index is -0.00139. The highest BCUT2D eigenvalue weighted by molar-refractivity contribution is 6.29. The van der Waals surface area contributed by atoms with E-state index in [2.05, 4.69) is 9.88 Å². The van der Waals surface area contributed by atoms with Crippen LogP contribution in [0, 0.1) is 0 Å². The van der Waals surface area contributed by atoms with Crippen molar-refractivity contribution in [3.8, 4) is 0 Å². The number of halogens is 1. The molecule has 1 amide bonds. The smallest absolute Gasteiger partial charge is 0.253 e. The van der Waals surface area contributed by atoms with Gasteiger partial charge in [0.25, 0.3) is 5.91 Å². The van der Waals surface area contributed by atoms with Crippen LogP contribution in [0.3, 0.4) is 0 Å². The normalized spacial score (nSPS) is 15.9. The number of aromatic nitrogens is 1. The number of likely N-dealkylation sites (N-methyl/N-ethyl adjacent to an activating group) is 1. The highest BCUT2D eigenvalue weighted by Crippen LogP contribution is 2.10. The summed E-state index contributed by atoms with van der Waals surface area (Å²) in [5, 5.41) is 0.355. The van der Waals surface area contributed by atoms with Gasteiger partial charge in [-0.25, -0.2) is 4.98 Å². The van der Waals surface area contributed by atoms with Crippen molar-refractivity contribution >= 4 is 17.5 Å². The Morgan fingerprint density at radius 3 is 2.89 bits per heavy atom. The zero-order chi connectivity index (χ0) is 13.0. The lowest BCUT2D eigenvalue weighted by molar-refractivity contribution is 0.0782. The molecule has 2 heterocycles. The fraction of sp³-hybridized carbons (Fsp3) is 0.538. The Morgan fingerprint density at radius 1 is 1.50 bits per heavy atom. The maximum atomic E-state index is 12.1. The lowest BCUT2D eigenvalue weighted by Crippen LogP contribution is -2.35. The van der Waals surface area contributed by atoms with E-state index in [1.165, 1.54) is 12.8 Å². The van der Waals surface area contributed by atoms with Gasteiger partial charge in [0.2, 0.25) is 0 Å². The number of nitrogens with zero attached hydrogens (tertiary/aromatic N) is 3. The molecule has 18 heavy (non-hydrogen) atoms. The van der Waals surface area contributed by atoms with E-state index in [4.69, 9.17) is 11.6 Å². The summed E-state index contributed by atoms with van der Waals surface area (Å²) in [5.41, 5.74) is 0.596. The van der Waals surface area contributed by atoms with Crippen molar-refractivity contribution in [1.29, 1.82) is 0 Å². The summed E-state index contributed by atoms with van der Waals surface area (Å²) in [7, 11) is 1.83. The average molecular weight is 268 g/mol. The summed E-state index contributed by atoms with van der Waals surface area (Å²) in [6.45, 7) is 4.01. The number of hydrogen-bond donors (Lipinski definition) is 0. The lowest BCUT2D eigenvalue weighted by Gasteiger charge is -2.21. The van der Waals surface area contributed by atoms with E-state index in [1.807, 2.05) is 7.05 Å². The molecule has 0 spiro atoms. The van der Waals surface area contributed by atoms with Gasteiger partial charge in [0, 0.05) is 31.9 Å². The number of carbonyl (C=O) groups excluding carboxylic acids is 1. The van der Waals surface area contributed by atoms with Crippen LogP contribution in [0.25, 0.3) is 0 Å². The van der Waals surface area contributed by atoms with E-state index in [-0.39, 0.29) is 5.91 Å². The van der Waals surface area contributed by atoms with Crippen LogP contribution in [-0.4, -0.2) is 53.9 Å². The maximum Gasteiger partial charge on any atom is 0.253 e. The van der Waals surface area contributed by atoms with Gasteiger partial charge >= 0.3 is 0 Å². The van der Waals surface area contributed by atoms with Crippen molar-refractivity contribution in [2.45, 2.75) is 12.8 Å². The molecule has 1 saturated heterocycles. The molecule has 2 rings (SSSR count). The maximum absolute atomic E-state index is 12.1. The zero-order valence-corrected chi connectivity index (χ0v) is 11.4. The van der Waals surface area contributed by atoms with Crippen LogP contribution in [0.5, 0.6) is 0 Å². The molecule has 0 bridgehead atoms. The van der Waals surface area contributed by atoms with Crippen molar-refractivity contribution in [1.82, 2.24) is 14.8 Å². The van der Waals surface area contributed by atoms with E-state index < -0.39 is 0 Å². The van der Waals surface area contributed by atoms with Crippen molar-refractivity contribution in [3.05, 3.63) is 29.0 Å². The highest BCUT2D eigenvalue weighted by atomic mass is 35.5. The number of rotatable bonds is 4. The molecule has 0 saturated carbocycles. The van der Waals surface area contributed by atoms with Gasteiger partial charge in [-0.3, -0.25) is 4.79 Å². The van der Waals surface area contributed by atoms with Crippen LogP contribution in [0.15, 0.2) is 18.3 Å². The Kier molecular flexibility index (Phi) is 4.55.